The van der Waals surface area contributed by atoms with Gasteiger partial charge in [-0.2, -0.15) is 5.26 Å². The normalized spacial score (nSPS) is 16.8. The number of carbonyl (C=O) groups is 2. The molecule has 7 heteroatoms. The average molecular weight is 345 g/mol. The number of carboxylic acids is 1. The lowest BCUT2D eigenvalue weighted by atomic mass is 10.0. The van der Waals surface area contributed by atoms with Crippen molar-refractivity contribution >= 4 is 12.1 Å². The highest BCUT2D eigenvalue weighted by atomic mass is 16.6. The first kappa shape index (κ1) is 18.7. The van der Waals surface area contributed by atoms with Crippen LogP contribution in [0.3, 0.4) is 0 Å². The van der Waals surface area contributed by atoms with E-state index in [0.29, 0.717) is 37.3 Å². The molecular weight excluding hydrogens is 322 g/mol. The Bertz CT molecular complexity index is 682. The predicted molar refractivity (Wildman–Crippen MR) is 90.9 cm³/mol. The number of benzene rings is 1. The van der Waals surface area contributed by atoms with E-state index >= 15 is 0 Å². The SMILES string of the molecule is CC(C)(C)OC(=O)N1CCN(C(C(=O)O)c2cccc(C#N)c2)CC1. The topological polar surface area (TPSA) is 93.9 Å². The van der Waals surface area contributed by atoms with Crippen molar-refractivity contribution in [3.05, 3.63) is 35.4 Å². The van der Waals surface area contributed by atoms with E-state index < -0.39 is 17.6 Å². The van der Waals surface area contributed by atoms with Gasteiger partial charge in [-0.05, 0) is 38.5 Å². The zero-order valence-corrected chi connectivity index (χ0v) is 14.7. The highest BCUT2D eigenvalue weighted by molar-refractivity contribution is 5.76. The van der Waals surface area contributed by atoms with Crippen LogP contribution in [0.15, 0.2) is 24.3 Å². The number of carboxylic acid groups (broad SMARTS) is 1. The minimum absolute atomic E-state index is 0.384. The molecule has 1 heterocycles. The monoisotopic (exact) mass is 345 g/mol. The molecule has 0 aliphatic carbocycles. The van der Waals surface area contributed by atoms with E-state index in [4.69, 9.17) is 10.00 Å². The molecule has 1 saturated heterocycles. The van der Waals surface area contributed by atoms with Gasteiger partial charge >= 0.3 is 12.1 Å². The maximum absolute atomic E-state index is 12.1. The molecular formula is C18H23N3O4. The van der Waals surface area contributed by atoms with Crippen LogP contribution < -0.4 is 0 Å². The summed E-state index contributed by atoms with van der Waals surface area (Å²) in [6, 6.07) is 7.82. The number of rotatable bonds is 3. The Morgan fingerprint density at radius 1 is 1.24 bits per heavy atom. The van der Waals surface area contributed by atoms with Crippen LogP contribution in [0.2, 0.25) is 0 Å². The van der Waals surface area contributed by atoms with Gasteiger partial charge in [0.05, 0.1) is 11.6 Å². The van der Waals surface area contributed by atoms with Crippen LogP contribution in [-0.2, 0) is 9.53 Å². The smallest absolute Gasteiger partial charge is 0.410 e. The Hall–Kier alpha value is -2.59. The van der Waals surface area contributed by atoms with Gasteiger partial charge in [-0.1, -0.05) is 12.1 Å². The second-order valence-corrected chi connectivity index (χ2v) is 6.98. The summed E-state index contributed by atoms with van der Waals surface area (Å²) < 4.78 is 5.35. The minimum atomic E-state index is -0.971. The zero-order chi connectivity index (χ0) is 18.6. The third-order valence-corrected chi connectivity index (χ3v) is 3.90. The average Bonchev–Trinajstić information content (AvgIpc) is 2.54. The first-order chi connectivity index (χ1) is 11.7. The molecule has 1 aliphatic heterocycles. The number of piperazine rings is 1. The highest BCUT2D eigenvalue weighted by Crippen LogP contribution is 2.24. The van der Waals surface area contributed by atoms with Crippen LogP contribution in [-0.4, -0.2) is 58.7 Å². The lowest BCUT2D eigenvalue weighted by molar-refractivity contribution is -0.144. The Morgan fingerprint density at radius 3 is 2.40 bits per heavy atom. The van der Waals surface area contributed by atoms with Crippen LogP contribution in [0.25, 0.3) is 0 Å². The highest BCUT2D eigenvalue weighted by Gasteiger charge is 2.33. The first-order valence-electron chi connectivity index (χ1n) is 8.16. The molecule has 1 atom stereocenters. The zero-order valence-electron chi connectivity index (χ0n) is 14.7. The molecule has 25 heavy (non-hydrogen) atoms. The molecule has 1 aromatic rings. The molecule has 0 bridgehead atoms. The van der Waals surface area contributed by atoms with Crippen molar-refractivity contribution in [3.8, 4) is 6.07 Å². The fourth-order valence-electron chi connectivity index (χ4n) is 2.78. The van der Waals surface area contributed by atoms with E-state index in [2.05, 4.69) is 0 Å². The van der Waals surface area contributed by atoms with Crippen molar-refractivity contribution < 1.29 is 19.4 Å². The van der Waals surface area contributed by atoms with Crippen LogP contribution in [0.5, 0.6) is 0 Å². The summed E-state index contributed by atoms with van der Waals surface area (Å²) in [7, 11) is 0. The fourth-order valence-corrected chi connectivity index (χ4v) is 2.78. The van der Waals surface area contributed by atoms with E-state index in [1.165, 1.54) is 0 Å². The molecule has 0 radical (unpaired) electrons. The van der Waals surface area contributed by atoms with Crippen molar-refractivity contribution in [1.82, 2.24) is 9.80 Å². The summed E-state index contributed by atoms with van der Waals surface area (Å²) in [6.45, 7) is 7.07. The number of carbonyl (C=O) groups excluding carboxylic acids is 1. The molecule has 1 aromatic carbocycles. The molecule has 134 valence electrons. The van der Waals surface area contributed by atoms with Crippen LogP contribution in [0.1, 0.15) is 37.9 Å². The number of ether oxygens (including phenoxy) is 1. The number of amides is 1. The molecule has 1 aliphatic rings. The summed E-state index contributed by atoms with van der Waals surface area (Å²) >= 11 is 0. The first-order valence-corrected chi connectivity index (χ1v) is 8.16. The molecule has 0 saturated carbocycles. The summed E-state index contributed by atoms with van der Waals surface area (Å²) in [5, 5.41) is 18.7. The van der Waals surface area contributed by atoms with Crippen LogP contribution in [0.4, 0.5) is 4.79 Å². The second-order valence-electron chi connectivity index (χ2n) is 6.98. The molecule has 0 aromatic heterocycles. The predicted octanol–water partition coefficient (Wildman–Crippen LogP) is 2.24. The lowest BCUT2D eigenvalue weighted by Crippen LogP contribution is -2.52. The Labute approximate surface area is 147 Å². The van der Waals surface area contributed by atoms with Gasteiger partial charge in [0.1, 0.15) is 11.6 Å². The van der Waals surface area contributed by atoms with Crippen LogP contribution in [0, 0.1) is 11.3 Å². The van der Waals surface area contributed by atoms with Crippen molar-refractivity contribution in [2.75, 3.05) is 26.2 Å². The third kappa shape index (κ3) is 4.94. The van der Waals surface area contributed by atoms with Gasteiger partial charge in [-0.3, -0.25) is 9.69 Å². The summed E-state index contributed by atoms with van der Waals surface area (Å²) in [6.07, 6.45) is -0.384. The Kier molecular flexibility index (Phi) is 5.65. The number of nitriles is 1. The van der Waals surface area contributed by atoms with Gasteiger partial charge in [0, 0.05) is 26.2 Å². The number of hydrogen-bond acceptors (Lipinski definition) is 5. The van der Waals surface area contributed by atoms with Crippen molar-refractivity contribution in [2.45, 2.75) is 32.4 Å². The number of aliphatic carboxylic acids is 1. The van der Waals surface area contributed by atoms with Gasteiger partial charge < -0.3 is 14.7 Å². The molecule has 0 spiro atoms. The van der Waals surface area contributed by atoms with Crippen molar-refractivity contribution in [1.29, 1.82) is 5.26 Å². The van der Waals surface area contributed by atoms with Gasteiger partial charge in [-0.15, -0.1) is 0 Å². The van der Waals surface area contributed by atoms with E-state index in [9.17, 15) is 14.7 Å². The van der Waals surface area contributed by atoms with Gasteiger partial charge in [-0.25, -0.2) is 4.79 Å². The minimum Gasteiger partial charge on any atom is -0.480 e. The van der Waals surface area contributed by atoms with E-state index in [-0.39, 0.29) is 6.09 Å². The van der Waals surface area contributed by atoms with Crippen molar-refractivity contribution in [3.63, 3.8) is 0 Å². The maximum atomic E-state index is 12.1. The Balaban J connectivity index is 2.07. The second kappa shape index (κ2) is 7.53. The summed E-state index contributed by atoms with van der Waals surface area (Å²) in [5.41, 5.74) is 0.434. The van der Waals surface area contributed by atoms with Crippen molar-refractivity contribution in [2.24, 2.45) is 0 Å². The standard InChI is InChI=1S/C18H23N3O4/c1-18(2,3)25-17(24)21-9-7-20(8-10-21)15(16(22)23)14-6-4-5-13(11-14)12-19/h4-6,11,15H,7-10H2,1-3H3,(H,22,23). The number of nitrogens with zero attached hydrogens (tertiary/aromatic N) is 3. The Morgan fingerprint density at radius 2 is 1.88 bits per heavy atom. The van der Waals surface area contributed by atoms with Gasteiger partial charge in [0.2, 0.25) is 0 Å². The van der Waals surface area contributed by atoms with E-state index in [1.54, 1.807) is 34.1 Å². The third-order valence-electron chi connectivity index (χ3n) is 3.90. The fraction of sp³-hybridized carbons (Fsp3) is 0.500. The van der Waals surface area contributed by atoms with Gasteiger partial charge in [0.15, 0.2) is 0 Å². The molecule has 2 rings (SSSR count). The molecule has 7 nitrogen and oxygen atoms in total. The molecule has 1 N–H and O–H groups in total. The van der Waals surface area contributed by atoms with Gasteiger partial charge in [0.25, 0.3) is 0 Å². The lowest BCUT2D eigenvalue weighted by Gasteiger charge is -2.38. The number of hydrogen-bond donors (Lipinski definition) is 1. The van der Waals surface area contributed by atoms with E-state index in [1.807, 2.05) is 26.8 Å². The quantitative estimate of drug-likeness (QED) is 0.903. The molecule has 1 amide bonds. The summed E-state index contributed by atoms with van der Waals surface area (Å²) in [4.78, 5) is 27.3. The summed E-state index contributed by atoms with van der Waals surface area (Å²) in [5.74, 6) is -0.971. The van der Waals surface area contributed by atoms with Crippen LogP contribution >= 0.6 is 0 Å². The largest absolute Gasteiger partial charge is 0.480 e. The molecule has 1 unspecified atom stereocenters. The van der Waals surface area contributed by atoms with E-state index in [0.717, 1.165) is 0 Å². The molecule has 1 fully saturated rings. The maximum Gasteiger partial charge on any atom is 0.410 e.